The van der Waals surface area contributed by atoms with E-state index >= 15 is 0 Å². The molecule has 2 aromatic heterocycles. The highest BCUT2D eigenvalue weighted by atomic mass is 15.2. The van der Waals surface area contributed by atoms with Gasteiger partial charge in [0.1, 0.15) is 5.82 Å². The molecule has 0 aliphatic heterocycles. The molecule has 1 saturated carbocycles. The lowest BCUT2D eigenvalue weighted by atomic mass is 10.4. The molecule has 0 N–H and O–H groups in total. The third-order valence-corrected chi connectivity index (χ3v) is 2.22. The van der Waals surface area contributed by atoms with E-state index < -0.39 is 0 Å². The first-order valence-electron chi connectivity index (χ1n) is 4.16. The molecular weight excluding hydrogens is 150 g/mol. The van der Waals surface area contributed by atoms with Crippen molar-refractivity contribution in [3.05, 3.63) is 30.2 Å². The summed E-state index contributed by atoms with van der Waals surface area (Å²) in [7, 11) is 0. The highest BCUT2D eigenvalue weighted by molar-refractivity contribution is 5.37. The number of rotatable bonds is 1. The Balaban J connectivity index is 2.30. The largest absolute Gasteiger partial charge is 0.286 e. The van der Waals surface area contributed by atoms with Gasteiger partial charge in [-0.15, -0.1) is 10.2 Å². The van der Waals surface area contributed by atoms with E-state index in [-0.39, 0.29) is 0 Å². The fourth-order valence-electron chi connectivity index (χ4n) is 1.42. The predicted octanol–water partition coefficient (Wildman–Crippen LogP) is 1.41. The summed E-state index contributed by atoms with van der Waals surface area (Å²) in [6, 6.07) is 6.82. The zero-order valence-corrected chi connectivity index (χ0v) is 6.57. The second-order valence-corrected chi connectivity index (χ2v) is 3.19. The number of aromatic nitrogens is 3. The molecule has 0 amide bonds. The maximum Gasteiger partial charge on any atom is 0.160 e. The van der Waals surface area contributed by atoms with E-state index in [2.05, 4.69) is 16.3 Å². The molecule has 1 aliphatic rings. The second kappa shape index (κ2) is 2.06. The van der Waals surface area contributed by atoms with E-state index in [0.29, 0.717) is 5.92 Å². The third kappa shape index (κ3) is 0.763. The van der Waals surface area contributed by atoms with Crippen LogP contribution >= 0.6 is 0 Å². The number of nitrogens with zero attached hydrogens (tertiary/aromatic N) is 3. The van der Waals surface area contributed by atoms with E-state index in [4.69, 9.17) is 0 Å². The fourth-order valence-corrected chi connectivity index (χ4v) is 1.42. The van der Waals surface area contributed by atoms with Crippen LogP contribution in [0.3, 0.4) is 0 Å². The number of pyridine rings is 1. The molecule has 0 unspecified atom stereocenters. The molecule has 0 atom stereocenters. The lowest BCUT2D eigenvalue weighted by molar-refractivity contribution is 0.897. The van der Waals surface area contributed by atoms with Crippen molar-refractivity contribution in [3.8, 4) is 0 Å². The van der Waals surface area contributed by atoms with Crippen LogP contribution in [0.15, 0.2) is 18.3 Å². The van der Waals surface area contributed by atoms with Crippen LogP contribution in [0.25, 0.3) is 5.65 Å². The van der Waals surface area contributed by atoms with Gasteiger partial charge in [-0.1, -0.05) is 0 Å². The summed E-state index contributed by atoms with van der Waals surface area (Å²) < 4.78 is 2.03. The van der Waals surface area contributed by atoms with Gasteiger partial charge in [-0.25, -0.2) is 0 Å². The molecule has 3 nitrogen and oxygen atoms in total. The Morgan fingerprint density at radius 2 is 2.33 bits per heavy atom. The lowest BCUT2D eigenvalue weighted by Crippen LogP contribution is -1.90. The molecule has 12 heavy (non-hydrogen) atoms. The van der Waals surface area contributed by atoms with Crippen LogP contribution in [-0.4, -0.2) is 14.6 Å². The zero-order chi connectivity index (χ0) is 7.97. The van der Waals surface area contributed by atoms with Crippen molar-refractivity contribution in [2.75, 3.05) is 0 Å². The molecule has 0 bridgehead atoms. The fraction of sp³-hybridized carbons (Fsp3) is 0.333. The molecule has 3 heteroatoms. The Morgan fingerprint density at radius 1 is 1.42 bits per heavy atom. The van der Waals surface area contributed by atoms with Gasteiger partial charge >= 0.3 is 0 Å². The van der Waals surface area contributed by atoms with Crippen LogP contribution in [-0.2, 0) is 0 Å². The van der Waals surface area contributed by atoms with Crippen molar-refractivity contribution < 1.29 is 0 Å². The average molecular weight is 158 g/mol. The van der Waals surface area contributed by atoms with Gasteiger partial charge in [-0.2, -0.15) is 0 Å². The minimum absolute atomic E-state index is 0.649. The Kier molecular flexibility index (Phi) is 1.06. The van der Waals surface area contributed by atoms with E-state index in [0.717, 1.165) is 11.5 Å². The van der Waals surface area contributed by atoms with Gasteiger partial charge in [0.05, 0.1) is 0 Å². The minimum atomic E-state index is 0.649. The maximum absolute atomic E-state index is 4.15. The van der Waals surface area contributed by atoms with E-state index in [1.807, 2.05) is 22.7 Å². The molecule has 0 aromatic carbocycles. The number of hydrogen-bond acceptors (Lipinski definition) is 2. The van der Waals surface area contributed by atoms with Crippen molar-refractivity contribution in [2.45, 2.75) is 18.8 Å². The average Bonchev–Trinajstić information content (AvgIpc) is 2.86. The normalized spacial score (nSPS) is 17.0. The van der Waals surface area contributed by atoms with Gasteiger partial charge in [0.15, 0.2) is 5.65 Å². The van der Waals surface area contributed by atoms with Crippen molar-refractivity contribution in [2.24, 2.45) is 0 Å². The zero-order valence-electron chi connectivity index (χ0n) is 6.57. The van der Waals surface area contributed by atoms with Crippen molar-refractivity contribution in [1.82, 2.24) is 14.6 Å². The van der Waals surface area contributed by atoms with E-state index in [9.17, 15) is 0 Å². The highest BCUT2D eigenvalue weighted by Crippen LogP contribution is 2.38. The molecule has 1 fully saturated rings. The van der Waals surface area contributed by atoms with E-state index in [1.54, 1.807) is 0 Å². The second-order valence-electron chi connectivity index (χ2n) is 3.19. The summed E-state index contributed by atoms with van der Waals surface area (Å²) in [5.74, 6) is 1.75. The molecule has 0 spiro atoms. The maximum atomic E-state index is 4.15. The van der Waals surface area contributed by atoms with Gasteiger partial charge in [0, 0.05) is 12.1 Å². The first-order valence-corrected chi connectivity index (χ1v) is 4.16. The summed E-state index contributed by atoms with van der Waals surface area (Å²) in [4.78, 5) is 0. The van der Waals surface area contributed by atoms with Crippen molar-refractivity contribution in [3.63, 3.8) is 0 Å². The number of fused-ring (bicyclic) bond motifs is 1. The quantitative estimate of drug-likeness (QED) is 0.628. The topological polar surface area (TPSA) is 30.2 Å². The summed E-state index contributed by atoms with van der Waals surface area (Å²) in [6.45, 7) is 0. The molecule has 1 aliphatic carbocycles. The Morgan fingerprint density at radius 3 is 3.17 bits per heavy atom. The smallest absolute Gasteiger partial charge is 0.160 e. The molecule has 0 saturated heterocycles. The van der Waals surface area contributed by atoms with Crippen molar-refractivity contribution >= 4 is 5.65 Å². The monoisotopic (exact) mass is 158 g/mol. The van der Waals surface area contributed by atoms with Gasteiger partial charge in [-0.05, 0) is 31.0 Å². The third-order valence-electron chi connectivity index (χ3n) is 2.22. The SMILES string of the molecule is [c]1ccc2nnc(C3CC3)n2c1. The van der Waals surface area contributed by atoms with Gasteiger partial charge in [0.25, 0.3) is 0 Å². The standard InChI is InChI=1S/C9H8N3/c1-2-6-12-8(3-1)10-11-9(12)7-4-5-7/h1,3,6-7H,4-5H2. The summed E-state index contributed by atoms with van der Waals surface area (Å²) in [6.07, 6.45) is 4.42. The summed E-state index contributed by atoms with van der Waals surface area (Å²) in [5, 5.41) is 8.22. The summed E-state index contributed by atoms with van der Waals surface area (Å²) >= 11 is 0. The van der Waals surface area contributed by atoms with Gasteiger partial charge < -0.3 is 0 Å². The molecule has 2 aromatic rings. The van der Waals surface area contributed by atoms with E-state index in [1.165, 1.54) is 12.8 Å². The predicted molar refractivity (Wildman–Crippen MR) is 43.8 cm³/mol. The molecular formula is C9H8N3. The molecule has 1 radical (unpaired) electrons. The van der Waals surface area contributed by atoms with Crippen LogP contribution in [0.5, 0.6) is 0 Å². The number of hydrogen-bond donors (Lipinski definition) is 0. The first kappa shape index (κ1) is 6.17. The Hall–Kier alpha value is -1.38. The van der Waals surface area contributed by atoms with Gasteiger partial charge in [0.2, 0.25) is 0 Å². The Bertz CT molecular complexity index is 414. The minimum Gasteiger partial charge on any atom is -0.286 e. The van der Waals surface area contributed by atoms with Crippen LogP contribution < -0.4 is 0 Å². The van der Waals surface area contributed by atoms with Crippen LogP contribution in [0, 0.1) is 6.07 Å². The molecule has 3 rings (SSSR count). The van der Waals surface area contributed by atoms with Crippen LogP contribution in [0.4, 0.5) is 0 Å². The molecule has 59 valence electrons. The van der Waals surface area contributed by atoms with Crippen LogP contribution in [0.2, 0.25) is 0 Å². The summed E-state index contributed by atoms with van der Waals surface area (Å²) in [5.41, 5.74) is 0.927. The molecule has 2 heterocycles. The Labute approximate surface area is 70.0 Å². The van der Waals surface area contributed by atoms with Crippen LogP contribution in [0.1, 0.15) is 24.6 Å². The lowest BCUT2D eigenvalue weighted by Gasteiger charge is -1.93. The van der Waals surface area contributed by atoms with Crippen molar-refractivity contribution in [1.29, 1.82) is 0 Å². The van der Waals surface area contributed by atoms with Gasteiger partial charge in [-0.3, -0.25) is 4.40 Å². The highest BCUT2D eigenvalue weighted by Gasteiger charge is 2.28. The first-order chi connectivity index (χ1) is 5.95.